The summed E-state index contributed by atoms with van der Waals surface area (Å²) in [7, 11) is 0. The Labute approximate surface area is 133 Å². The predicted molar refractivity (Wildman–Crippen MR) is 88.0 cm³/mol. The third-order valence-corrected chi connectivity index (χ3v) is 3.69. The van der Waals surface area contributed by atoms with E-state index < -0.39 is 0 Å². The highest BCUT2D eigenvalue weighted by molar-refractivity contribution is 5.75. The number of benzene rings is 2. The molecule has 2 aromatic carbocycles. The number of nitrogens with one attached hydrogen (secondary N) is 1. The number of esters is 1. The molecule has 0 saturated carbocycles. The number of ether oxygens (including phenoxy) is 1. The molecular weight excluding hydrogens is 292 g/mol. The molecule has 0 unspecified atom stereocenters. The number of hydrogen-bond donors (Lipinski definition) is 1. The minimum atomic E-state index is -0.248. The Balaban J connectivity index is 1.51. The number of hydrogen-bond acceptors (Lipinski definition) is 3. The summed E-state index contributed by atoms with van der Waals surface area (Å²) in [6, 6.07) is 17.1. The van der Waals surface area contributed by atoms with Crippen molar-refractivity contribution in [1.82, 2.24) is 9.55 Å². The summed E-state index contributed by atoms with van der Waals surface area (Å²) in [6.45, 7) is 0.774. The zero-order valence-electron chi connectivity index (χ0n) is 12.7. The first kappa shape index (κ1) is 15.1. The summed E-state index contributed by atoms with van der Waals surface area (Å²) in [4.78, 5) is 26.5. The molecule has 23 heavy (non-hydrogen) atoms. The lowest BCUT2D eigenvalue weighted by molar-refractivity contribution is -0.145. The van der Waals surface area contributed by atoms with Crippen molar-refractivity contribution in [2.24, 2.45) is 0 Å². The number of imidazole rings is 1. The summed E-state index contributed by atoms with van der Waals surface area (Å²) >= 11 is 0. The van der Waals surface area contributed by atoms with E-state index in [4.69, 9.17) is 4.74 Å². The largest absolute Gasteiger partial charge is 0.461 e. The quantitative estimate of drug-likeness (QED) is 0.712. The van der Waals surface area contributed by atoms with Gasteiger partial charge in [-0.25, -0.2) is 4.79 Å². The summed E-state index contributed by atoms with van der Waals surface area (Å²) in [6.07, 6.45) is 0.855. The number of aromatic amines is 1. The summed E-state index contributed by atoms with van der Waals surface area (Å²) in [5.74, 6) is -0.248. The van der Waals surface area contributed by atoms with Crippen molar-refractivity contribution in [1.29, 1.82) is 0 Å². The van der Waals surface area contributed by atoms with Gasteiger partial charge < -0.3 is 9.72 Å². The molecule has 5 nitrogen and oxygen atoms in total. The Hall–Kier alpha value is -2.82. The van der Waals surface area contributed by atoms with Crippen molar-refractivity contribution in [3.8, 4) is 0 Å². The van der Waals surface area contributed by atoms with Crippen LogP contribution in [0, 0.1) is 0 Å². The van der Waals surface area contributed by atoms with Gasteiger partial charge in [0.15, 0.2) is 0 Å². The molecule has 0 amide bonds. The summed E-state index contributed by atoms with van der Waals surface area (Å²) in [5, 5.41) is 0. The Kier molecular flexibility index (Phi) is 4.57. The lowest BCUT2D eigenvalue weighted by Crippen LogP contribution is -2.17. The normalized spacial score (nSPS) is 10.8. The maximum Gasteiger partial charge on any atom is 0.326 e. The average Bonchev–Trinajstić information content (AvgIpc) is 2.90. The number of aromatic nitrogens is 2. The number of aryl methyl sites for hydroxylation is 1. The van der Waals surface area contributed by atoms with Crippen LogP contribution in [0.3, 0.4) is 0 Å². The van der Waals surface area contributed by atoms with Crippen molar-refractivity contribution in [2.75, 3.05) is 0 Å². The van der Waals surface area contributed by atoms with Gasteiger partial charge in [0.2, 0.25) is 0 Å². The van der Waals surface area contributed by atoms with Crippen LogP contribution < -0.4 is 5.69 Å². The second-order valence-corrected chi connectivity index (χ2v) is 5.35. The second kappa shape index (κ2) is 6.96. The summed E-state index contributed by atoms with van der Waals surface area (Å²) < 4.78 is 6.88. The van der Waals surface area contributed by atoms with Crippen LogP contribution in [0.4, 0.5) is 0 Å². The van der Waals surface area contributed by atoms with Gasteiger partial charge in [-0.15, -0.1) is 0 Å². The SMILES string of the molecule is O=C(CCCn1c(=O)[nH]c2ccccc21)OCc1ccccc1. The number of H-pyrrole nitrogens is 1. The van der Waals surface area contributed by atoms with Gasteiger partial charge in [0.05, 0.1) is 11.0 Å². The molecule has 0 aliphatic carbocycles. The zero-order valence-corrected chi connectivity index (χ0v) is 12.7. The molecule has 0 aliphatic heterocycles. The fourth-order valence-corrected chi connectivity index (χ4v) is 2.52. The Morgan fingerprint density at radius 1 is 1.04 bits per heavy atom. The molecule has 0 radical (unpaired) electrons. The number of rotatable bonds is 6. The Bertz CT molecular complexity index is 849. The zero-order chi connectivity index (χ0) is 16.1. The third kappa shape index (κ3) is 3.69. The highest BCUT2D eigenvalue weighted by Crippen LogP contribution is 2.10. The van der Waals surface area contributed by atoms with Crippen molar-refractivity contribution < 1.29 is 9.53 Å². The minimum Gasteiger partial charge on any atom is -0.461 e. The molecule has 0 bridgehead atoms. The molecule has 0 saturated heterocycles. The van der Waals surface area contributed by atoms with Gasteiger partial charge >= 0.3 is 11.7 Å². The number of carbonyl (C=O) groups is 1. The molecule has 3 rings (SSSR count). The molecule has 1 N–H and O–H groups in total. The maximum atomic E-state index is 11.9. The molecular formula is C18H18N2O3. The van der Waals surface area contributed by atoms with Gasteiger partial charge in [-0.3, -0.25) is 9.36 Å². The van der Waals surface area contributed by atoms with E-state index in [0.29, 0.717) is 19.4 Å². The van der Waals surface area contributed by atoms with E-state index in [-0.39, 0.29) is 18.3 Å². The van der Waals surface area contributed by atoms with E-state index in [1.807, 2.05) is 54.6 Å². The molecule has 118 valence electrons. The number of para-hydroxylation sites is 2. The molecule has 0 spiro atoms. The number of carbonyl (C=O) groups excluding carboxylic acids is 1. The van der Waals surface area contributed by atoms with E-state index >= 15 is 0 Å². The van der Waals surface area contributed by atoms with Gasteiger partial charge in [0.1, 0.15) is 6.61 Å². The van der Waals surface area contributed by atoms with E-state index in [2.05, 4.69) is 4.98 Å². The minimum absolute atomic E-state index is 0.149. The predicted octanol–water partition coefficient (Wildman–Crippen LogP) is 2.85. The van der Waals surface area contributed by atoms with E-state index in [1.54, 1.807) is 4.57 Å². The highest BCUT2D eigenvalue weighted by atomic mass is 16.5. The lowest BCUT2D eigenvalue weighted by atomic mass is 10.2. The van der Waals surface area contributed by atoms with Crippen LogP contribution in [0.15, 0.2) is 59.4 Å². The maximum absolute atomic E-state index is 11.9. The van der Waals surface area contributed by atoms with Crippen molar-refractivity contribution in [3.05, 3.63) is 70.6 Å². The highest BCUT2D eigenvalue weighted by Gasteiger charge is 2.08. The van der Waals surface area contributed by atoms with Crippen LogP contribution in [0.2, 0.25) is 0 Å². The van der Waals surface area contributed by atoms with Crippen molar-refractivity contribution in [3.63, 3.8) is 0 Å². The summed E-state index contributed by atoms with van der Waals surface area (Å²) in [5.41, 5.74) is 2.48. The second-order valence-electron chi connectivity index (χ2n) is 5.35. The van der Waals surface area contributed by atoms with Crippen LogP contribution in [0.5, 0.6) is 0 Å². The Morgan fingerprint density at radius 2 is 1.78 bits per heavy atom. The third-order valence-electron chi connectivity index (χ3n) is 3.69. The smallest absolute Gasteiger partial charge is 0.326 e. The average molecular weight is 310 g/mol. The van der Waals surface area contributed by atoms with E-state index in [0.717, 1.165) is 16.6 Å². The molecule has 3 aromatic rings. The van der Waals surface area contributed by atoms with Gasteiger partial charge in [-0.1, -0.05) is 42.5 Å². The molecule has 0 aliphatic rings. The monoisotopic (exact) mass is 310 g/mol. The number of fused-ring (bicyclic) bond motifs is 1. The molecule has 0 fully saturated rings. The molecule has 0 atom stereocenters. The van der Waals surface area contributed by atoms with E-state index in [9.17, 15) is 9.59 Å². The van der Waals surface area contributed by atoms with Crippen molar-refractivity contribution in [2.45, 2.75) is 26.0 Å². The van der Waals surface area contributed by atoms with Crippen molar-refractivity contribution >= 4 is 17.0 Å². The first-order valence-electron chi connectivity index (χ1n) is 7.61. The van der Waals surface area contributed by atoms with Gasteiger partial charge in [0, 0.05) is 13.0 Å². The van der Waals surface area contributed by atoms with Gasteiger partial charge in [-0.2, -0.15) is 0 Å². The van der Waals surface area contributed by atoms with Crippen LogP contribution in [0.1, 0.15) is 18.4 Å². The van der Waals surface area contributed by atoms with Crippen LogP contribution in [-0.2, 0) is 22.7 Å². The van der Waals surface area contributed by atoms with Gasteiger partial charge in [0.25, 0.3) is 0 Å². The first-order valence-corrected chi connectivity index (χ1v) is 7.61. The first-order chi connectivity index (χ1) is 11.2. The van der Waals surface area contributed by atoms with Crippen LogP contribution in [0.25, 0.3) is 11.0 Å². The number of nitrogens with zero attached hydrogens (tertiary/aromatic N) is 1. The fourth-order valence-electron chi connectivity index (χ4n) is 2.52. The standard InChI is InChI=1S/C18H18N2O3/c21-17(23-13-14-7-2-1-3-8-14)11-6-12-20-16-10-5-4-9-15(16)19-18(20)22/h1-5,7-10H,6,11-13H2,(H,19,22). The Morgan fingerprint density at radius 3 is 2.61 bits per heavy atom. The van der Waals surface area contributed by atoms with Crippen LogP contribution in [-0.4, -0.2) is 15.5 Å². The molecule has 5 heteroatoms. The molecule has 1 heterocycles. The molecule has 1 aromatic heterocycles. The lowest BCUT2D eigenvalue weighted by Gasteiger charge is -2.06. The van der Waals surface area contributed by atoms with Gasteiger partial charge in [-0.05, 0) is 24.1 Å². The van der Waals surface area contributed by atoms with Crippen LogP contribution >= 0.6 is 0 Å². The van der Waals surface area contributed by atoms with E-state index in [1.165, 1.54) is 0 Å². The fraction of sp³-hybridized carbons (Fsp3) is 0.222. The topological polar surface area (TPSA) is 64.1 Å².